The molecule has 0 aliphatic heterocycles. The number of benzene rings is 6. The zero-order valence-electron chi connectivity index (χ0n) is 34.1. The molecule has 7 aromatic rings. The molecule has 0 amide bonds. The summed E-state index contributed by atoms with van der Waals surface area (Å²) in [7, 11) is -14.6. The fraction of sp³-hybridized carbons (Fsp3) is 0.100. The lowest BCUT2D eigenvalue weighted by atomic mass is 10.1. The van der Waals surface area contributed by atoms with E-state index in [1.165, 1.54) is 24.3 Å². The van der Waals surface area contributed by atoms with Crippen LogP contribution in [0.5, 0.6) is 23.1 Å². The van der Waals surface area contributed by atoms with Gasteiger partial charge in [-0.2, -0.15) is 40.1 Å². The van der Waals surface area contributed by atoms with Gasteiger partial charge in [0.2, 0.25) is 11.6 Å². The lowest BCUT2D eigenvalue weighted by molar-refractivity contribution is 0.0690. The molecule has 352 valence electrons. The van der Waals surface area contributed by atoms with Crippen LogP contribution in [0.15, 0.2) is 142 Å². The van der Waals surface area contributed by atoms with E-state index >= 15 is 0 Å². The van der Waals surface area contributed by atoms with E-state index in [-0.39, 0.29) is 69.3 Å². The predicted octanol–water partition coefficient (Wildman–Crippen LogP) is 7.02. The second-order valence-electron chi connectivity index (χ2n) is 13.8. The summed E-state index contributed by atoms with van der Waals surface area (Å²) in [6, 6.07) is 20.1. The molecule has 0 radical (unpaired) electrons. The Hall–Kier alpha value is -7.83. The van der Waals surface area contributed by atoms with Crippen LogP contribution in [0, 0.1) is 0 Å². The van der Waals surface area contributed by atoms with Crippen LogP contribution in [0.3, 0.4) is 0 Å². The highest BCUT2D eigenvalue weighted by Crippen LogP contribution is 2.46. The van der Waals surface area contributed by atoms with Gasteiger partial charge in [-0.1, -0.05) is 30.3 Å². The number of carbonyl (C=O) groups is 1. The second-order valence-corrected chi connectivity index (χ2v) is 18.0. The van der Waals surface area contributed by atoms with Crippen molar-refractivity contribution >= 4 is 92.0 Å². The van der Waals surface area contributed by atoms with Crippen LogP contribution < -0.4 is 9.47 Å². The Morgan fingerprint density at radius 2 is 1.21 bits per heavy atom. The highest BCUT2D eigenvalue weighted by molar-refractivity contribution is 7.86. The van der Waals surface area contributed by atoms with Crippen molar-refractivity contribution in [2.24, 2.45) is 30.7 Å². The molecule has 0 saturated carbocycles. The summed E-state index contributed by atoms with van der Waals surface area (Å²) in [5, 5.41) is 79.3. The van der Waals surface area contributed by atoms with Crippen LogP contribution in [-0.2, 0) is 30.4 Å². The summed E-state index contributed by atoms with van der Waals surface area (Å²) in [6.07, 6.45) is 0. The first-order valence-corrected chi connectivity index (χ1v) is 23.3. The highest BCUT2D eigenvalue weighted by Gasteiger charge is 2.27. The van der Waals surface area contributed by atoms with Gasteiger partial charge in [0.1, 0.15) is 57.3 Å². The van der Waals surface area contributed by atoms with Crippen LogP contribution in [0.4, 0.5) is 34.1 Å². The maximum atomic E-state index is 12.8. The molecule has 0 aliphatic rings. The molecule has 8 N–H and O–H groups in total. The molecule has 1 heterocycles. The van der Waals surface area contributed by atoms with E-state index in [1.807, 2.05) is 0 Å². The number of carboxylic acid groups (broad SMARTS) is 1. The SMILES string of the molecule is O=C(O)c1nn(-c2ccc3c(O)c(N=Nc4cc(OCCO)c(N=Nc5ccc6ccccc6c5S(=O)(=O)O)cc4OCCO)c(S(=O)(=O)O)cc3c2)c(O)c1N=Nc1ccc(S(=O)(=O)O)cc1. The van der Waals surface area contributed by atoms with Crippen LogP contribution in [0.1, 0.15) is 10.5 Å². The predicted molar refractivity (Wildman–Crippen MR) is 235 cm³/mol. The smallest absolute Gasteiger partial charge is 0.358 e. The minimum Gasteiger partial charge on any atom is -0.505 e. The standard InChI is InChI=1S/C40H32N8O17S3/c49-13-15-64-31-20-30(32(65-16-14-50)19-29(31)43-42-28-12-5-21-3-1-2-4-27(21)38(28)68(61,62)63)44-45-34-33(67(58,59)60)18-22-17-24(8-11-26(22)37(34)51)48-39(52)35(36(47-48)40(53)54)46-41-23-6-9-25(10-7-23)66(55,56)57/h1-12,17-20,49-52H,13-16H2,(H,53,54)(H,55,56,57)(H,58,59,60)(H,61,62,63). The number of ether oxygens (including phenoxy) is 2. The van der Waals surface area contributed by atoms with Gasteiger partial charge in [-0.15, -0.1) is 25.6 Å². The zero-order valence-corrected chi connectivity index (χ0v) is 36.6. The average Bonchev–Trinajstić information content (AvgIpc) is 3.63. The quantitative estimate of drug-likeness (QED) is 0.0335. The normalized spacial score (nSPS) is 12.5. The summed E-state index contributed by atoms with van der Waals surface area (Å²) >= 11 is 0. The van der Waals surface area contributed by atoms with Crippen molar-refractivity contribution in [3.63, 3.8) is 0 Å². The van der Waals surface area contributed by atoms with Crippen molar-refractivity contribution in [3.05, 3.63) is 103 Å². The largest absolute Gasteiger partial charge is 0.505 e. The van der Waals surface area contributed by atoms with Gasteiger partial charge < -0.3 is 35.0 Å². The lowest BCUT2D eigenvalue weighted by Crippen LogP contribution is -2.04. The van der Waals surface area contributed by atoms with Crippen LogP contribution in [0.25, 0.3) is 27.2 Å². The molecule has 25 nitrogen and oxygen atoms in total. The fourth-order valence-electron chi connectivity index (χ4n) is 6.40. The van der Waals surface area contributed by atoms with Crippen molar-refractivity contribution in [1.29, 1.82) is 0 Å². The summed E-state index contributed by atoms with van der Waals surface area (Å²) in [6.45, 7) is -1.73. The van der Waals surface area contributed by atoms with Gasteiger partial charge >= 0.3 is 5.97 Å². The molecule has 0 bridgehead atoms. The Morgan fingerprint density at radius 1 is 0.603 bits per heavy atom. The molecule has 0 fully saturated rings. The number of aliphatic hydroxyl groups excluding tert-OH is 2. The number of aromatic nitrogens is 2. The summed E-state index contributed by atoms with van der Waals surface area (Å²) in [5.74, 6) is -3.80. The van der Waals surface area contributed by atoms with Crippen molar-refractivity contribution < 1.29 is 78.7 Å². The van der Waals surface area contributed by atoms with E-state index in [2.05, 4.69) is 35.8 Å². The number of fused-ring (bicyclic) bond motifs is 2. The monoisotopic (exact) mass is 992 g/mol. The van der Waals surface area contributed by atoms with E-state index in [0.29, 0.717) is 10.1 Å². The molecule has 0 unspecified atom stereocenters. The van der Waals surface area contributed by atoms with Crippen LogP contribution in [0.2, 0.25) is 0 Å². The minimum atomic E-state index is -5.25. The van der Waals surface area contributed by atoms with Crippen LogP contribution in [-0.4, -0.2) is 107 Å². The third-order valence-electron chi connectivity index (χ3n) is 9.37. The molecular weight excluding hydrogens is 961 g/mol. The third-order valence-corrected chi connectivity index (χ3v) is 12.1. The van der Waals surface area contributed by atoms with Gasteiger partial charge in [0.05, 0.1) is 29.5 Å². The van der Waals surface area contributed by atoms with Gasteiger partial charge in [0.25, 0.3) is 30.4 Å². The molecule has 7 rings (SSSR count). The molecule has 68 heavy (non-hydrogen) atoms. The third kappa shape index (κ3) is 10.3. The molecule has 6 aromatic carbocycles. The average molecular weight is 993 g/mol. The molecule has 0 aliphatic carbocycles. The maximum Gasteiger partial charge on any atom is 0.358 e. The van der Waals surface area contributed by atoms with Crippen molar-refractivity contribution in [1.82, 2.24) is 9.78 Å². The number of azo groups is 3. The van der Waals surface area contributed by atoms with Crippen molar-refractivity contribution in [3.8, 4) is 28.8 Å². The maximum absolute atomic E-state index is 12.8. The second kappa shape index (κ2) is 19.2. The molecule has 28 heteroatoms. The Kier molecular flexibility index (Phi) is 13.6. The van der Waals surface area contributed by atoms with E-state index in [0.717, 1.165) is 48.5 Å². The minimum absolute atomic E-state index is 0.0207. The van der Waals surface area contributed by atoms with E-state index in [9.17, 15) is 69.2 Å². The number of aromatic carboxylic acids is 1. The number of aliphatic hydroxyl groups is 2. The number of hydrogen-bond donors (Lipinski definition) is 8. The number of aromatic hydroxyl groups is 2. The number of phenolic OH excluding ortho intramolecular Hbond substituents is 1. The van der Waals surface area contributed by atoms with Crippen molar-refractivity contribution in [2.45, 2.75) is 14.7 Å². The van der Waals surface area contributed by atoms with Gasteiger partial charge in [-0.25, -0.2) is 4.79 Å². The number of hydrogen-bond acceptors (Lipinski definition) is 20. The Labute approximate surface area is 382 Å². The zero-order chi connectivity index (χ0) is 49.1. The first-order chi connectivity index (χ1) is 32.2. The van der Waals surface area contributed by atoms with E-state index in [1.54, 1.807) is 24.3 Å². The van der Waals surface area contributed by atoms with Crippen molar-refractivity contribution in [2.75, 3.05) is 26.4 Å². The Balaban J connectivity index is 1.29. The topological polar surface area (TPSA) is 392 Å². The number of carboxylic acids is 1. The first-order valence-electron chi connectivity index (χ1n) is 19.0. The highest BCUT2D eigenvalue weighted by atomic mass is 32.2. The molecule has 0 atom stereocenters. The first kappa shape index (κ1) is 48.1. The molecular formula is C40H32N8O17S3. The van der Waals surface area contributed by atoms with Gasteiger partial charge in [0.15, 0.2) is 11.4 Å². The molecule has 0 spiro atoms. The Bertz CT molecular complexity index is 3580. The van der Waals surface area contributed by atoms with Gasteiger partial charge in [0, 0.05) is 22.9 Å². The van der Waals surface area contributed by atoms with Crippen LogP contribution >= 0.6 is 0 Å². The number of phenols is 1. The van der Waals surface area contributed by atoms with E-state index in [4.69, 9.17) is 9.47 Å². The summed E-state index contributed by atoms with van der Waals surface area (Å²) in [5.41, 5.74) is -3.12. The Morgan fingerprint density at radius 3 is 1.79 bits per heavy atom. The summed E-state index contributed by atoms with van der Waals surface area (Å²) in [4.78, 5) is 10.1. The lowest BCUT2D eigenvalue weighted by Gasteiger charge is -2.13. The fourth-order valence-corrected chi connectivity index (χ4v) is 8.38. The number of nitrogens with zero attached hydrogens (tertiary/aromatic N) is 8. The summed E-state index contributed by atoms with van der Waals surface area (Å²) < 4.78 is 115. The number of rotatable bonds is 17. The van der Waals surface area contributed by atoms with E-state index < -0.39 is 92.9 Å². The van der Waals surface area contributed by atoms with Gasteiger partial charge in [-0.05, 0) is 65.4 Å². The molecule has 0 saturated heterocycles. The van der Waals surface area contributed by atoms with Gasteiger partial charge in [-0.3, -0.25) is 13.7 Å². The molecule has 1 aromatic heterocycles.